The van der Waals surface area contributed by atoms with Crippen molar-refractivity contribution >= 4 is 0 Å². The molecule has 0 unspecified atom stereocenters. The molecule has 3 heteroatoms. The van der Waals surface area contributed by atoms with E-state index in [1.807, 2.05) is 0 Å². The van der Waals surface area contributed by atoms with Gasteiger partial charge in [-0.25, -0.2) is 15.0 Å². The van der Waals surface area contributed by atoms with Gasteiger partial charge >= 0.3 is 0 Å². The van der Waals surface area contributed by atoms with Crippen LogP contribution >= 0.6 is 0 Å². The van der Waals surface area contributed by atoms with Gasteiger partial charge < -0.3 is 0 Å². The molecule has 0 aliphatic heterocycles. The van der Waals surface area contributed by atoms with Gasteiger partial charge in [0.2, 0.25) is 0 Å². The zero-order valence-corrected chi connectivity index (χ0v) is 16.7. The highest BCUT2D eigenvalue weighted by Gasteiger charge is 2.51. The highest BCUT2D eigenvalue weighted by atomic mass is 15.0. The number of nitrogens with zero attached hydrogens (tertiary/aromatic N) is 3. The van der Waals surface area contributed by atoms with Gasteiger partial charge in [-0.05, 0) is 50.6 Å². The predicted octanol–water partition coefficient (Wildman–Crippen LogP) is 5.88. The van der Waals surface area contributed by atoms with Crippen LogP contribution in [0.4, 0.5) is 0 Å². The summed E-state index contributed by atoms with van der Waals surface area (Å²) < 4.78 is 0. The lowest BCUT2D eigenvalue weighted by Crippen LogP contribution is -2.25. The Morgan fingerprint density at radius 1 is 0.484 bits per heavy atom. The summed E-state index contributed by atoms with van der Waals surface area (Å²) in [5.74, 6) is 0.698. The van der Waals surface area contributed by atoms with Crippen LogP contribution in [0.25, 0.3) is 33.6 Å². The summed E-state index contributed by atoms with van der Waals surface area (Å²) in [4.78, 5) is 12.8. The van der Waals surface area contributed by atoms with Crippen LogP contribution in [0.3, 0.4) is 0 Å². The lowest BCUT2D eigenvalue weighted by Gasteiger charge is -2.30. The SMILES string of the molecule is c1ccc2c(c1)-c1ccccc1C21c2ccccc2-c2ccc(-c3ncncn3)cc21. The average Bonchev–Trinajstić information content (AvgIpc) is 3.32. The van der Waals surface area contributed by atoms with Gasteiger partial charge in [0, 0.05) is 5.56 Å². The number of rotatable bonds is 1. The van der Waals surface area contributed by atoms with Crippen molar-refractivity contribution in [3.8, 4) is 33.6 Å². The molecule has 0 amide bonds. The minimum Gasteiger partial charge on any atom is -0.225 e. The molecular formula is C28H17N3. The van der Waals surface area contributed by atoms with Crippen molar-refractivity contribution in [3.05, 3.63) is 126 Å². The summed E-state index contributed by atoms with van der Waals surface area (Å²) in [5, 5.41) is 0. The number of hydrogen-bond donors (Lipinski definition) is 0. The largest absolute Gasteiger partial charge is 0.225 e. The van der Waals surface area contributed by atoms with Crippen LogP contribution in [-0.2, 0) is 5.41 Å². The molecule has 1 heterocycles. The number of hydrogen-bond acceptors (Lipinski definition) is 3. The quantitative estimate of drug-likeness (QED) is 0.348. The summed E-state index contributed by atoms with van der Waals surface area (Å²) in [7, 11) is 0. The number of fused-ring (bicyclic) bond motifs is 10. The van der Waals surface area contributed by atoms with E-state index >= 15 is 0 Å². The number of benzene rings is 4. The summed E-state index contributed by atoms with van der Waals surface area (Å²) in [6.07, 6.45) is 3.11. The molecule has 1 aromatic heterocycles. The van der Waals surface area contributed by atoms with E-state index in [4.69, 9.17) is 0 Å². The fraction of sp³-hybridized carbons (Fsp3) is 0.0357. The maximum absolute atomic E-state index is 4.41. The molecule has 0 atom stereocenters. The summed E-state index contributed by atoms with van der Waals surface area (Å²) in [5.41, 5.74) is 11.2. The smallest absolute Gasteiger partial charge is 0.162 e. The maximum atomic E-state index is 4.41. The van der Waals surface area contributed by atoms with Crippen LogP contribution in [-0.4, -0.2) is 15.0 Å². The average molecular weight is 395 g/mol. The third-order valence-electron chi connectivity index (χ3n) is 6.75. The normalized spacial score (nSPS) is 14.1. The highest BCUT2D eigenvalue weighted by Crippen LogP contribution is 2.62. The Balaban J connectivity index is 1.64. The Bertz CT molecular complexity index is 1420. The van der Waals surface area contributed by atoms with E-state index < -0.39 is 0 Å². The molecule has 0 fully saturated rings. The minimum absolute atomic E-state index is 0.331. The first-order valence-corrected chi connectivity index (χ1v) is 10.5. The van der Waals surface area contributed by atoms with Crippen molar-refractivity contribution in [2.45, 2.75) is 5.41 Å². The molecule has 0 saturated carbocycles. The molecule has 1 spiro atoms. The summed E-state index contributed by atoms with van der Waals surface area (Å²) in [6, 6.07) is 33.1. The molecule has 0 radical (unpaired) electrons. The second kappa shape index (κ2) is 5.96. The standard InChI is InChI=1S/C28H17N3/c1-4-10-23-19(7-1)20-8-2-5-11-24(20)28(23)25-12-6-3-9-21(25)22-14-13-18(15-26(22)28)27-30-16-29-17-31-27/h1-17H. The van der Waals surface area contributed by atoms with E-state index in [0.717, 1.165) is 5.56 Å². The van der Waals surface area contributed by atoms with Crippen molar-refractivity contribution in [1.82, 2.24) is 15.0 Å². The van der Waals surface area contributed by atoms with Gasteiger partial charge in [-0.2, -0.15) is 0 Å². The van der Waals surface area contributed by atoms with Gasteiger partial charge in [-0.1, -0.05) is 84.9 Å². The van der Waals surface area contributed by atoms with E-state index in [0.29, 0.717) is 5.82 Å². The Morgan fingerprint density at radius 3 is 1.52 bits per heavy atom. The van der Waals surface area contributed by atoms with Crippen LogP contribution in [0.15, 0.2) is 104 Å². The molecule has 2 aliphatic rings. The molecular weight excluding hydrogens is 378 g/mol. The first kappa shape index (κ1) is 16.7. The molecule has 144 valence electrons. The zero-order chi connectivity index (χ0) is 20.4. The van der Waals surface area contributed by atoms with Gasteiger partial charge in [0.05, 0.1) is 5.41 Å². The van der Waals surface area contributed by atoms with E-state index in [9.17, 15) is 0 Å². The Kier molecular flexibility index (Phi) is 3.20. The molecule has 4 aromatic carbocycles. The van der Waals surface area contributed by atoms with Crippen LogP contribution in [0.5, 0.6) is 0 Å². The van der Waals surface area contributed by atoms with E-state index in [2.05, 4.69) is 106 Å². The molecule has 31 heavy (non-hydrogen) atoms. The van der Waals surface area contributed by atoms with Crippen molar-refractivity contribution in [2.75, 3.05) is 0 Å². The van der Waals surface area contributed by atoms with Crippen LogP contribution in [0.2, 0.25) is 0 Å². The molecule has 7 rings (SSSR count). The second-order valence-electron chi connectivity index (χ2n) is 8.11. The lowest BCUT2D eigenvalue weighted by molar-refractivity contribution is 0.794. The topological polar surface area (TPSA) is 38.7 Å². The van der Waals surface area contributed by atoms with E-state index in [-0.39, 0.29) is 5.41 Å². The van der Waals surface area contributed by atoms with Gasteiger partial charge in [0.15, 0.2) is 5.82 Å². The minimum atomic E-state index is -0.331. The van der Waals surface area contributed by atoms with Crippen molar-refractivity contribution in [1.29, 1.82) is 0 Å². The Morgan fingerprint density at radius 2 is 0.968 bits per heavy atom. The van der Waals surface area contributed by atoms with Gasteiger partial charge in [-0.15, -0.1) is 0 Å². The van der Waals surface area contributed by atoms with Crippen molar-refractivity contribution in [2.24, 2.45) is 0 Å². The fourth-order valence-electron chi connectivity index (χ4n) is 5.62. The predicted molar refractivity (Wildman–Crippen MR) is 122 cm³/mol. The maximum Gasteiger partial charge on any atom is 0.162 e. The lowest BCUT2D eigenvalue weighted by atomic mass is 9.70. The monoisotopic (exact) mass is 395 g/mol. The molecule has 2 aliphatic carbocycles. The Hall–Kier alpha value is -4.11. The van der Waals surface area contributed by atoms with Gasteiger partial charge in [0.1, 0.15) is 12.7 Å². The fourth-order valence-corrected chi connectivity index (χ4v) is 5.62. The third-order valence-corrected chi connectivity index (χ3v) is 6.75. The van der Waals surface area contributed by atoms with Crippen molar-refractivity contribution < 1.29 is 0 Å². The Labute approximate surface area is 180 Å². The van der Waals surface area contributed by atoms with Crippen LogP contribution in [0.1, 0.15) is 22.3 Å². The third kappa shape index (κ3) is 2.00. The van der Waals surface area contributed by atoms with Crippen molar-refractivity contribution in [3.63, 3.8) is 0 Å². The molecule has 0 saturated heterocycles. The number of aromatic nitrogens is 3. The molecule has 0 bridgehead atoms. The summed E-state index contributed by atoms with van der Waals surface area (Å²) in [6.45, 7) is 0. The molecule has 0 N–H and O–H groups in total. The zero-order valence-electron chi connectivity index (χ0n) is 16.7. The highest BCUT2D eigenvalue weighted by molar-refractivity contribution is 5.95. The summed E-state index contributed by atoms with van der Waals surface area (Å²) >= 11 is 0. The van der Waals surface area contributed by atoms with Crippen LogP contribution in [0, 0.1) is 0 Å². The molecule has 3 nitrogen and oxygen atoms in total. The first-order chi connectivity index (χ1) is 15.4. The molecule has 5 aromatic rings. The van der Waals surface area contributed by atoms with Crippen LogP contribution < -0.4 is 0 Å². The van der Waals surface area contributed by atoms with E-state index in [1.54, 1.807) is 12.7 Å². The van der Waals surface area contributed by atoms with E-state index in [1.165, 1.54) is 44.5 Å². The first-order valence-electron chi connectivity index (χ1n) is 10.5. The second-order valence-corrected chi connectivity index (χ2v) is 8.11. The van der Waals surface area contributed by atoms with Gasteiger partial charge in [0.25, 0.3) is 0 Å². The van der Waals surface area contributed by atoms with Gasteiger partial charge in [-0.3, -0.25) is 0 Å².